The molecule has 1 rings (SSSR count). The third-order valence-corrected chi connectivity index (χ3v) is 3.58. The Morgan fingerprint density at radius 2 is 2.14 bits per heavy atom. The van der Waals surface area contributed by atoms with Crippen molar-refractivity contribution in [2.45, 2.75) is 33.7 Å². The molecule has 0 aliphatic heterocycles. The van der Waals surface area contributed by atoms with E-state index in [-0.39, 0.29) is 11.9 Å². The number of carbonyl (C=O) groups is 1. The van der Waals surface area contributed by atoms with E-state index in [4.69, 9.17) is 10.5 Å². The molecule has 5 nitrogen and oxygen atoms in total. The maximum absolute atomic E-state index is 12.4. The van der Waals surface area contributed by atoms with Crippen LogP contribution in [-0.2, 0) is 9.53 Å². The zero-order chi connectivity index (χ0) is 15.8. The fourth-order valence-electron chi connectivity index (χ4n) is 2.13. The fraction of sp³-hybridized carbons (Fsp3) is 0.562. The first-order valence-corrected chi connectivity index (χ1v) is 7.48. The number of anilines is 2. The number of benzene rings is 1. The highest BCUT2D eigenvalue weighted by molar-refractivity contribution is 5.95. The first-order chi connectivity index (χ1) is 9.99. The lowest BCUT2D eigenvalue weighted by Gasteiger charge is -2.27. The van der Waals surface area contributed by atoms with Crippen LogP contribution in [0.4, 0.5) is 11.4 Å². The van der Waals surface area contributed by atoms with Crippen molar-refractivity contribution in [1.82, 2.24) is 4.90 Å². The molecule has 0 aliphatic carbocycles. The summed E-state index contributed by atoms with van der Waals surface area (Å²) in [6, 6.07) is 5.31. The number of likely N-dealkylation sites (N-methyl/N-ethyl adjacent to an activating group) is 1. The zero-order valence-corrected chi connectivity index (χ0v) is 13.5. The number of nitrogens with zero attached hydrogens (tertiary/aromatic N) is 1. The van der Waals surface area contributed by atoms with Gasteiger partial charge in [0.05, 0.1) is 12.6 Å². The van der Waals surface area contributed by atoms with Crippen LogP contribution in [0, 0.1) is 6.92 Å². The predicted octanol–water partition coefficient (Wildman–Crippen LogP) is 2.26. The smallest absolute Gasteiger partial charge is 0.241 e. The Hall–Kier alpha value is -1.59. The van der Waals surface area contributed by atoms with Crippen LogP contribution in [0.15, 0.2) is 18.2 Å². The minimum atomic E-state index is -0.212. The quantitative estimate of drug-likeness (QED) is 0.570. The first-order valence-electron chi connectivity index (χ1n) is 7.48. The predicted molar refractivity (Wildman–Crippen MR) is 87.4 cm³/mol. The molecule has 0 aliphatic rings. The van der Waals surface area contributed by atoms with E-state index >= 15 is 0 Å². The molecule has 0 heterocycles. The van der Waals surface area contributed by atoms with Crippen molar-refractivity contribution in [3.05, 3.63) is 23.8 Å². The van der Waals surface area contributed by atoms with Gasteiger partial charge in [0, 0.05) is 24.5 Å². The van der Waals surface area contributed by atoms with Crippen LogP contribution in [0.2, 0.25) is 0 Å². The molecule has 21 heavy (non-hydrogen) atoms. The highest BCUT2D eigenvalue weighted by Gasteiger charge is 2.20. The van der Waals surface area contributed by atoms with Gasteiger partial charge in [-0.25, -0.2) is 0 Å². The van der Waals surface area contributed by atoms with Crippen LogP contribution in [0.1, 0.15) is 26.3 Å². The first kappa shape index (κ1) is 17.5. The molecule has 0 bridgehead atoms. The highest BCUT2D eigenvalue weighted by atomic mass is 16.5. The van der Waals surface area contributed by atoms with Gasteiger partial charge in [-0.3, -0.25) is 9.69 Å². The lowest BCUT2D eigenvalue weighted by molar-refractivity contribution is -0.120. The lowest BCUT2D eigenvalue weighted by atomic mass is 10.1. The van der Waals surface area contributed by atoms with E-state index in [1.54, 1.807) is 6.07 Å². The van der Waals surface area contributed by atoms with Crippen molar-refractivity contribution in [2.24, 2.45) is 0 Å². The monoisotopic (exact) mass is 293 g/mol. The maximum atomic E-state index is 12.4. The number of hydrogen-bond donors (Lipinski definition) is 2. The topological polar surface area (TPSA) is 67.6 Å². The van der Waals surface area contributed by atoms with Gasteiger partial charge in [-0.1, -0.05) is 13.0 Å². The van der Waals surface area contributed by atoms with Crippen molar-refractivity contribution in [3.63, 3.8) is 0 Å². The van der Waals surface area contributed by atoms with Crippen LogP contribution < -0.4 is 11.1 Å². The fourth-order valence-corrected chi connectivity index (χ4v) is 2.13. The van der Waals surface area contributed by atoms with Crippen LogP contribution in [0.3, 0.4) is 0 Å². The van der Waals surface area contributed by atoms with Crippen LogP contribution in [0.5, 0.6) is 0 Å². The number of aryl methyl sites for hydroxylation is 1. The number of carbonyl (C=O) groups excluding carboxylic acids is 1. The standard InChI is InChI=1S/C16H27N3O2/c1-5-19(9-10-21-6-2)13(4)16(20)18-15-11-14(17)8-7-12(15)3/h7-8,11,13H,5-6,9-10,17H2,1-4H3,(H,18,20). The molecule has 1 unspecified atom stereocenters. The van der Waals surface area contributed by atoms with Crippen LogP contribution >= 0.6 is 0 Å². The van der Waals surface area contributed by atoms with Gasteiger partial charge in [0.2, 0.25) is 5.91 Å². The zero-order valence-electron chi connectivity index (χ0n) is 13.5. The van der Waals surface area contributed by atoms with Crippen molar-refractivity contribution in [2.75, 3.05) is 37.4 Å². The number of nitrogens with one attached hydrogen (secondary N) is 1. The Morgan fingerprint density at radius 3 is 2.76 bits per heavy atom. The molecule has 0 saturated carbocycles. The second-order valence-corrected chi connectivity index (χ2v) is 5.07. The largest absolute Gasteiger partial charge is 0.399 e. The second kappa shape index (κ2) is 8.64. The molecular formula is C16H27N3O2. The summed E-state index contributed by atoms with van der Waals surface area (Å²) in [5.41, 5.74) is 8.19. The van der Waals surface area contributed by atoms with Crippen molar-refractivity contribution < 1.29 is 9.53 Å². The molecule has 1 aromatic rings. The Morgan fingerprint density at radius 1 is 1.43 bits per heavy atom. The lowest BCUT2D eigenvalue weighted by Crippen LogP contribution is -2.43. The summed E-state index contributed by atoms with van der Waals surface area (Å²) >= 11 is 0. The average molecular weight is 293 g/mol. The molecule has 0 spiro atoms. The number of rotatable bonds is 8. The molecule has 5 heteroatoms. The summed E-state index contributed by atoms with van der Waals surface area (Å²) in [6.07, 6.45) is 0. The van der Waals surface area contributed by atoms with Gasteiger partial charge in [0.1, 0.15) is 0 Å². The molecule has 0 aromatic heterocycles. The number of hydrogen-bond acceptors (Lipinski definition) is 4. The van der Waals surface area contributed by atoms with Gasteiger partial charge >= 0.3 is 0 Å². The van der Waals surface area contributed by atoms with Crippen molar-refractivity contribution >= 4 is 17.3 Å². The van der Waals surface area contributed by atoms with Gasteiger partial charge in [0.25, 0.3) is 0 Å². The van der Waals surface area contributed by atoms with E-state index < -0.39 is 0 Å². The molecule has 1 atom stereocenters. The SMILES string of the molecule is CCOCCN(CC)C(C)C(=O)Nc1cc(N)ccc1C. The van der Waals surface area contributed by atoms with E-state index in [1.807, 2.05) is 39.8 Å². The molecule has 0 radical (unpaired) electrons. The minimum absolute atomic E-state index is 0.0259. The van der Waals surface area contributed by atoms with E-state index in [0.29, 0.717) is 18.9 Å². The van der Waals surface area contributed by atoms with Crippen LogP contribution in [0.25, 0.3) is 0 Å². The van der Waals surface area contributed by atoms with Gasteiger partial charge in [-0.15, -0.1) is 0 Å². The van der Waals surface area contributed by atoms with E-state index in [0.717, 1.165) is 24.3 Å². The van der Waals surface area contributed by atoms with Gasteiger partial charge in [-0.2, -0.15) is 0 Å². The maximum Gasteiger partial charge on any atom is 0.241 e. The van der Waals surface area contributed by atoms with E-state index in [9.17, 15) is 4.79 Å². The molecule has 3 N–H and O–H groups in total. The third kappa shape index (κ3) is 5.36. The number of ether oxygens (including phenoxy) is 1. The summed E-state index contributed by atoms with van der Waals surface area (Å²) < 4.78 is 5.36. The molecule has 118 valence electrons. The average Bonchev–Trinajstić information content (AvgIpc) is 2.47. The number of amides is 1. The summed E-state index contributed by atoms with van der Waals surface area (Å²) in [4.78, 5) is 14.5. The molecular weight excluding hydrogens is 266 g/mol. The van der Waals surface area contributed by atoms with Gasteiger partial charge in [0.15, 0.2) is 0 Å². The Bertz CT molecular complexity index is 463. The van der Waals surface area contributed by atoms with Gasteiger partial charge < -0.3 is 15.8 Å². The Labute approximate surface area is 127 Å². The van der Waals surface area contributed by atoms with Gasteiger partial charge in [-0.05, 0) is 45.0 Å². The summed E-state index contributed by atoms with van der Waals surface area (Å²) in [7, 11) is 0. The van der Waals surface area contributed by atoms with Crippen molar-refractivity contribution in [1.29, 1.82) is 0 Å². The highest BCUT2D eigenvalue weighted by Crippen LogP contribution is 2.18. The van der Waals surface area contributed by atoms with Crippen molar-refractivity contribution in [3.8, 4) is 0 Å². The number of nitrogens with two attached hydrogens (primary N) is 1. The second-order valence-electron chi connectivity index (χ2n) is 5.07. The Kier molecular flexibility index (Phi) is 7.19. The summed E-state index contributed by atoms with van der Waals surface area (Å²) in [5.74, 6) is -0.0259. The van der Waals surface area contributed by atoms with Crippen LogP contribution in [-0.4, -0.2) is 43.2 Å². The molecule has 0 fully saturated rings. The summed E-state index contributed by atoms with van der Waals surface area (Å²) in [5, 5.41) is 2.95. The Balaban J connectivity index is 2.65. The molecule has 1 amide bonds. The minimum Gasteiger partial charge on any atom is -0.399 e. The normalized spacial score (nSPS) is 12.4. The summed E-state index contributed by atoms with van der Waals surface area (Å²) in [6.45, 7) is 10.8. The third-order valence-electron chi connectivity index (χ3n) is 3.58. The number of nitrogen functional groups attached to an aromatic ring is 1. The molecule has 1 aromatic carbocycles. The molecule has 0 saturated heterocycles. The van der Waals surface area contributed by atoms with E-state index in [2.05, 4.69) is 10.2 Å². The van der Waals surface area contributed by atoms with E-state index in [1.165, 1.54) is 0 Å².